The fourth-order valence-corrected chi connectivity index (χ4v) is 3.66. The first-order valence-electron chi connectivity index (χ1n) is 8.73. The van der Waals surface area contributed by atoms with Crippen LogP contribution in [0, 0.1) is 0 Å². The normalized spacial score (nSPS) is 16.8. The van der Waals surface area contributed by atoms with Gasteiger partial charge in [0.1, 0.15) is 17.7 Å². The summed E-state index contributed by atoms with van der Waals surface area (Å²) in [6.07, 6.45) is 2.64. The van der Waals surface area contributed by atoms with Crippen molar-refractivity contribution in [2.75, 3.05) is 31.1 Å². The van der Waals surface area contributed by atoms with Gasteiger partial charge in [0.25, 0.3) is 0 Å². The molecule has 3 heterocycles. The Balaban J connectivity index is 1.84. The average Bonchev–Trinajstić information content (AvgIpc) is 3.03. The first kappa shape index (κ1) is 19.0. The molecule has 26 heavy (non-hydrogen) atoms. The van der Waals surface area contributed by atoms with Crippen LogP contribution in [-0.2, 0) is 4.74 Å². The molecule has 0 bridgehead atoms. The number of anilines is 1. The molecule has 1 fully saturated rings. The van der Waals surface area contributed by atoms with Gasteiger partial charge in [-0.15, -0.1) is 0 Å². The number of carbonyl (C=O) groups is 1. The smallest absolute Gasteiger partial charge is 0.410 e. The monoisotopic (exact) mass is 424 g/mol. The van der Waals surface area contributed by atoms with Crippen molar-refractivity contribution in [2.24, 2.45) is 0 Å². The van der Waals surface area contributed by atoms with Crippen molar-refractivity contribution in [3.05, 3.63) is 28.6 Å². The number of piperazine rings is 1. The number of imidazole rings is 1. The highest BCUT2D eigenvalue weighted by molar-refractivity contribution is 9.10. The van der Waals surface area contributed by atoms with Gasteiger partial charge in [-0.2, -0.15) is 0 Å². The van der Waals surface area contributed by atoms with Gasteiger partial charge in [-0.1, -0.05) is 0 Å². The number of amides is 1. The van der Waals surface area contributed by atoms with Crippen LogP contribution >= 0.6 is 15.9 Å². The lowest BCUT2D eigenvalue weighted by atomic mass is 10.1. The Morgan fingerprint density at radius 3 is 2.54 bits per heavy atom. The molecule has 0 radical (unpaired) electrons. The third-order valence-corrected chi connectivity index (χ3v) is 4.97. The molecule has 1 atom stereocenters. The Hall–Kier alpha value is -1.80. The summed E-state index contributed by atoms with van der Waals surface area (Å²) in [4.78, 5) is 20.4. The number of aliphatic hydroxyl groups is 1. The van der Waals surface area contributed by atoms with Crippen molar-refractivity contribution in [3.8, 4) is 0 Å². The van der Waals surface area contributed by atoms with Crippen LogP contribution in [0.1, 0.15) is 39.4 Å². The van der Waals surface area contributed by atoms with Gasteiger partial charge in [-0.25, -0.2) is 9.78 Å². The summed E-state index contributed by atoms with van der Waals surface area (Å²) in [5.41, 5.74) is 1.27. The number of hydrogen-bond acceptors (Lipinski definition) is 5. The molecule has 1 saturated heterocycles. The number of aliphatic hydroxyl groups excluding tert-OH is 1. The van der Waals surface area contributed by atoms with Crippen LogP contribution in [0.3, 0.4) is 0 Å². The number of fused-ring (bicyclic) bond motifs is 1. The highest BCUT2D eigenvalue weighted by Gasteiger charge is 2.28. The highest BCUT2D eigenvalue weighted by Crippen LogP contribution is 2.33. The quantitative estimate of drug-likeness (QED) is 0.801. The zero-order valence-corrected chi connectivity index (χ0v) is 17.2. The molecule has 2 aromatic rings. The first-order chi connectivity index (χ1) is 12.2. The molecule has 1 aliphatic rings. The number of rotatable bonds is 2. The summed E-state index contributed by atoms with van der Waals surface area (Å²) >= 11 is 3.55. The second-order valence-electron chi connectivity index (χ2n) is 7.55. The molecular formula is C18H25BrN4O3. The van der Waals surface area contributed by atoms with Gasteiger partial charge >= 0.3 is 6.09 Å². The molecule has 7 nitrogen and oxygen atoms in total. The SMILES string of the molecule is CC(O)c1cc(Br)c2cncn2c1N1CCN(C(=O)OC(C)(C)C)CC1. The zero-order chi connectivity index (χ0) is 19.1. The van der Waals surface area contributed by atoms with E-state index >= 15 is 0 Å². The van der Waals surface area contributed by atoms with Gasteiger partial charge in [0.15, 0.2) is 0 Å². The molecule has 3 rings (SSSR count). The molecule has 0 aromatic carbocycles. The fraction of sp³-hybridized carbons (Fsp3) is 0.556. The Morgan fingerprint density at radius 2 is 1.96 bits per heavy atom. The van der Waals surface area contributed by atoms with E-state index in [9.17, 15) is 9.90 Å². The van der Waals surface area contributed by atoms with E-state index in [1.165, 1.54) is 0 Å². The Morgan fingerprint density at radius 1 is 1.31 bits per heavy atom. The number of halogens is 1. The molecule has 1 amide bonds. The van der Waals surface area contributed by atoms with E-state index in [1.807, 2.05) is 31.2 Å². The third-order valence-electron chi connectivity index (χ3n) is 4.33. The molecule has 142 valence electrons. The van der Waals surface area contributed by atoms with Crippen LogP contribution in [0.2, 0.25) is 0 Å². The maximum atomic E-state index is 12.3. The summed E-state index contributed by atoms with van der Waals surface area (Å²) in [7, 11) is 0. The molecule has 0 aliphatic carbocycles. The molecule has 2 aromatic heterocycles. The van der Waals surface area contributed by atoms with E-state index in [0.717, 1.165) is 21.4 Å². The number of carbonyl (C=O) groups excluding carboxylic acids is 1. The Labute approximate surface area is 161 Å². The van der Waals surface area contributed by atoms with E-state index in [2.05, 4.69) is 25.8 Å². The molecule has 0 saturated carbocycles. The van der Waals surface area contributed by atoms with Crippen LogP contribution < -0.4 is 4.90 Å². The number of hydrogen-bond donors (Lipinski definition) is 1. The summed E-state index contributed by atoms with van der Waals surface area (Å²) in [6.45, 7) is 9.82. The van der Waals surface area contributed by atoms with E-state index in [1.54, 1.807) is 24.3 Å². The number of nitrogens with zero attached hydrogens (tertiary/aromatic N) is 4. The lowest BCUT2D eigenvalue weighted by Crippen LogP contribution is -2.50. The number of aromatic nitrogens is 2. The maximum Gasteiger partial charge on any atom is 0.410 e. The van der Waals surface area contributed by atoms with Gasteiger partial charge in [-0.3, -0.25) is 4.40 Å². The zero-order valence-electron chi connectivity index (χ0n) is 15.6. The number of ether oxygens (including phenoxy) is 1. The largest absolute Gasteiger partial charge is 0.444 e. The summed E-state index contributed by atoms with van der Waals surface area (Å²) < 4.78 is 8.33. The van der Waals surface area contributed by atoms with Gasteiger partial charge in [-0.05, 0) is 49.7 Å². The third kappa shape index (κ3) is 3.81. The summed E-state index contributed by atoms with van der Waals surface area (Å²) in [5, 5.41) is 10.3. The first-order valence-corrected chi connectivity index (χ1v) is 9.52. The van der Waals surface area contributed by atoms with E-state index < -0.39 is 11.7 Å². The lowest BCUT2D eigenvalue weighted by Gasteiger charge is -2.38. The van der Waals surface area contributed by atoms with Crippen molar-refractivity contribution in [1.82, 2.24) is 14.3 Å². The highest BCUT2D eigenvalue weighted by atomic mass is 79.9. The summed E-state index contributed by atoms with van der Waals surface area (Å²) in [5.74, 6) is 0.916. The van der Waals surface area contributed by atoms with Gasteiger partial charge in [0.05, 0.1) is 17.8 Å². The van der Waals surface area contributed by atoms with Gasteiger partial charge in [0.2, 0.25) is 0 Å². The standard InChI is InChI=1S/C18H25BrN4O3/c1-12(24)13-9-14(19)15-10-20-11-23(15)16(13)21-5-7-22(8-6-21)17(25)26-18(2,3)4/h9-12,24H,5-8H2,1-4H3. The van der Waals surface area contributed by atoms with Crippen LogP contribution in [0.5, 0.6) is 0 Å². The lowest BCUT2D eigenvalue weighted by molar-refractivity contribution is 0.0240. The maximum absolute atomic E-state index is 12.3. The van der Waals surface area contributed by atoms with Crippen LogP contribution in [-0.4, -0.2) is 57.3 Å². The van der Waals surface area contributed by atoms with Crippen LogP contribution in [0.4, 0.5) is 10.6 Å². The molecule has 0 spiro atoms. The van der Waals surface area contributed by atoms with E-state index in [-0.39, 0.29) is 6.09 Å². The predicted octanol–water partition coefficient (Wildman–Crippen LogP) is 3.21. The second kappa shape index (κ2) is 7.08. The molecule has 1 unspecified atom stereocenters. The Kier molecular flexibility index (Phi) is 5.16. The topological polar surface area (TPSA) is 70.3 Å². The molecule has 8 heteroatoms. The average molecular weight is 425 g/mol. The molecule has 1 N–H and O–H groups in total. The number of pyridine rings is 1. The minimum atomic E-state index is -0.614. The Bertz CT molecular complexity index is 805. The molecule has 1 aliphatic heterocycles. The van der Waals surface area contributed by atoms with Crippen molar-refractivity contribution < 1.29 is 14.6 Å². The summed E-state index contributed by atoms with van der Waals surface area (Å²) in [6, 6.07) is 1.94. The van der Waals surface area contributed by atoms with Gasteiger partial charge in [0, 0.05) is 36.2 Å². The molecular weight excluding hydrogens is 400 g/mol. The van der Waals surface area contributed by atoms with Crippen molar-refractivity contribution in [2.45, 2.75) is 39.4 Å². The van der Waals surface area contributed by atoms with Crippen LogP contribution in [0.15, 0.2) is 23.1 Å². The minimum absolute atomic E-state index is 0.281. The predicted molar refractivity (Wildman–Crippen MR) is 104 cm³/mol. The van der Waals surface area contributed by atoms with Crippen molar-refractivity contribution >= 4 is 33.4 Å². The van der Waals surface area contributed by atoms with Crippen LogP contribution in [0.25, 0.3) is 5.52 Å². The van der Waals surface area contributed by atoms with E-state index in [4.69, 9.17) is 4.74 Å². The second-order valence-corrected chi connectivity index (χ2v) is 8.40. The van der Waals surface area contributed by atoms with Gasteiger partial charge < -0.3 is 19.6 Å². The van der Waals surface area contributed by atoms with E-state index in [0.29, 0.717) is 26.2 Å². The van der Waals surface area contributed by atoms with Crippen molar-refractivity contribution in [3.63, 3.8) is 0 Å². The fourth-order valence-electron chi connectivity index (χ4n) is 3.12. The van der Waals surface area contributed by atoms with Crippen molar-refractivity contribution in [1.29, 1.82) is 0 Å². The minimum Gasteiger partial charge on any atom is -0.444 e.